The third-order valence-corrected chi connectivity index (χ3v) is 2.18. The first-order valence-corrected chi connectivity index (χ1v) is 4.46. The first kappa shape index (κ1) is 6.67. The number of fused-ring (bicyclic) bond motifs is 1. The smallest absolute Gasteiger partial charge is 0.157 e. The van der Waals surface area contributed by atoms with E-state index in [9.17, 15) is 0 Å². The number of imidazole rings is 1. The molecule has 0 aliphatic rings. The lowest BCUT2D eigenvalue weighted by molar-refractivity contribution is 1.26. The number of H-pyrrole nitrogens is 1. The van der Waals surface area contributed by atoms with Gasteiger partial charge in [0.25, 0.3) is 0 Å². The molecule has 0 saturated carbocycles. The second kappa shape index (κ2) is 2.54. The van der Waals surface area contributed by atoms with Crippen LogP contribution in [-0.4, -0.2) is 21.2 Å². The predicted molar refractivity (Wildman–Crippen MR) is 45.7 cm³/mol. The Kier molecular flexibility index (Phi) is 1.54. The molecule has 3 nitrogen and oxygen atoms in total. The molecule has 11 heavy (non-hydrogen) atoms. The van der Waals surface area contributed by atoms with Gasteiger partial charge in [0.2, 0.25) is 0 Å². The lowest BCUT2D eigenvalue weighted by Crippen LogP contribution is -1.77. The van der Waals surface area contributed by atoms with E-state index in [0.717, 1.165) is 16.1 Å². The molecule has 0 unspecified atom stereocenters. The molecule has 0 aliphatic carbocycles. The number of thioether (sulfide) groups is 1. The number of hydrogen-bond donors (Lipinski definition) is 1. The lowest BCUT2D eigenvalue weighted by atomic mass is 10.4. The Hall–Kier alpha value is -1.03. The molecule has 0 radical (unpaired) electrons. The molecule has 4 heteroatoms. The Morgan fingerprint density at radius 3 is 3.18 bits per heavy atom. The van der Waals surface area contributed by atoms with Crippen LogP contribution in [0.4, 0.5) is 0 Å². The van der Waals surface area contributed by atoms with Crippen molar-refractivity contribution in [2.75, 3.05) is 6.26 Å². The largest absolute Gasteiger partial charge is 0.329 e. The normalized spacial score (nSPS) is 10.6. The van der Waals surface area contributed by atoms with Gasteiger partial charge >= 0.3 is 0 Å². The molecule has 0 fully saturated rings. The van der Waals surface area contributed by atoms with Crippen molar-refractivity contribution < 1.29 is 0 Å². The van der Waals surface area contributed by atoms with Crippen molar-refractivity contribution in [3.05, 3.63) is 18.6 Å². The molecule has 0 saturated heterocycles. The van der Waals surface area contributed by atoms with Gasteiger partial charge in [-0.3, -0.25) is 0 Å². The van der Waals surface area contributed by atoms with Crippen LogP contribution < -0.4 is 0 Å². The molecule has 0 spiro atoms. The maximum atomic E-state index is 4.17. The number of nitrogens with zero attached hydrogens (tertiary/aromatic N) is 2. The minimum Gasteiger partial charge on any atom is -0.329 e. The molecule has 0 atom stereocenters. The van der Waals surface area contributed by atoms with E-state index in [-0.39, 0.29) is 0 Å². The molecule has 0 aromatic carbocycles. The van der Waals surface area contributed by atoms with Crippen molar-refractivity contribution in [2.24, 2.45) is 0 Å². The van der Waals surface area contributed by atoms with E-state index < -0.39 is 0 Å². The predicted octanol–water partition coefficient (Wildman–Crippen LogP) is 1.68. The summed E-state index contributed by atoms with van der Waals surface area (Å²) in [6, 6.07) is 2.02. The maximum absolute atomic E-state index is 4.17. The first-order valence-electron chi connectivity index (χ1n) is 3.23. The molecule has 0 amide bonds. The monoisotopic (exact) mass is 165 g/mol. The van der Waals surface area contributed by atoms with Crippen LogP contribution in [0.3, 0.4) is 0 Å². The van der Waals surface area contributed by atoms with Crippen LogP contribution in [0, 0.1) is 0 Å². The fourth-order valence-corrected chi connectivity index (χ4v) is 1.31. The minimum absolute atomic E-state index is 0.850. The Bertz CT molecular complexity index is 368. The maximum Gasteiger partial charge on any atom is 0.157 e. The molecule has 2 aromatic heterocycles. The van der Waals surface area contributed by atoms with Crippen molar-refractivity contribution in [1.29, 1.82) is 0 Å². The molecule has 1 N–H and O–H groups in total. The number of aromatic nitrogens is 3. The van der Waals surface area contributed by atoms with Gasteiger partial charge in [-0.25, -0.2) is 9.97 Å². The van der Waals surface area contributed by atoms with E-state index >= 15 is 0 Å². The topological polar surface area (TPSA) is 41.6 Å². The summed E-state index contributed by atoms with van der Waals surface area (Å²) in [6.07, 6.45) is 5.52. The van der Waals surface area contributed by atoms with Gasteiger partial charge in [-0.15, -0.1) is 11.8 Å². The van der Waals surface area contributed by atoms with Gasteiger partial charge in [0.15, 0.2) is 5.65 Å². The molecule has 2 aromatic rings. The zero-order valence-corrected chi connectivity index (χ0v) is 6.85. The number of nitrogens with one attached hydrogen (secondary N) is 1. The summed E-state index contributed by atoms with van der Waals surface area (Å²) in [5.41, 5.74) is 1.78. The quantitative estimate of drug-likeness (QED) is 0.654. The molecule has 0 aliphatic heterocycles. The van der Waals surface area contributed by atoms with E-state index in [4.69, 9.17) is 0 Å². The van der Waals surface area contributed by atoms with Gasteiger partial charge in [0.1, 0.15) is 5.52 Å². The van der Waals surface area contributed by atoms with E-state index in [1.54, 1.807) is 18.1 Å². The number of aromatic amines is 1. The fraction of sp³-hybridized carbons (Fsp3) is 0.143. The summed E-state index contributed by atoms with van der Waals surface area (Å²) < 4.78 is 0. The lowest BCUT2D eigenvalue weighted by Gasteiger charge is -1.92. The van der Waals surface area contributed by atoms with Crippen molar-refractivity contribution in [3.8, 4) is 0 Å². The van der Waals surface area contributed by atoms with Crippen molar-refractivity contribution in [3.63, 3.8) is 0 Å². The summed E-state index contributed by atoms with van der Waals surface area (Å²) in [5.74, 6) is 0. The summed E-state index contributed by atoms with van der Waals surface area (Å²) in [4.78, 5) is 12.4. The minimum atomic E-state index is 0.850. The van der Waals surface area contributed by atoms with E-state index in [0.29, 0.717) is 0 Å². The van der Waals surface area contributed by atoms with Crippen LogP contribution in [0.25, 0.3) is 11.2 Å². The fourth-order valence-electron chi connectivity index (χ4n) is 0.919. The van der Waals surface area contributed by atoms with E-state index in [1.807, 2.05) is 18.5 Å². The zero-order valence-electron chi connectivity index (χ0n) is 6.03. The molecular formula is C7H7N3S. The second-order valence-electron chi connectivity index (χ2n) is 2.15. The average Bonchev–Trinajstić information content (AvgIpc) is 2.50. The van der Waals surface area contributed by atoms with Crippen LogP contribution in [0.5, 0.6) is 0 Å². The highest BCUT2D eigenvalue weighted by Crippen LogP contribution is 2.16. The Labute approximate surface area is 68.2 Å². The van der Waals surface area contributed by atoms with Crippen LogP contribution in [0.15, 0.2) is 23.5 Å². The SMILES string of the molecule is CSc1cnc2[nH]cnc2c1. The van der Waals surface area contributed by atoms with Gasteiger partial charge in [-0.05, 0) is 12.3 Å². The number of hydrogen-bond acceptors (Lipinski definition) is 3. The van der Waals surface area contributed by atoms with E-state index in [2.05, 4.69) is 15.0 Å². The third-order valence-electron chi connectivity index (χ3n) is 1.48. The summed E-state index contributed by atoms with van der Waals surface area (Å²) in [6.45, 7) is 0. The van der Waals surface area contributed by atoms with Crippen LogP contribution in [-0.2, 0) is 0 Å². The van der Waals surface area contributed by atoms with Gasteiger partial charge in [-0.1, -0.05) is 0 Å². The average molecular weight is 165 g/mol. The molecular weight excluding hydrogens is 158 g/mol. The highest BCUT2D eigenvalue weighted by atomic mass is 32.2. The van der Waals surface area contributed by atoms with Crippen molar-refractivity contribution >= 4 is 22.9 Å². The summed E-state index contributed by atoms with van der Waals surface area (Å²) in [5, 5.41) is 0. The van der Waals surface area contributed by atoms with Crippen LogP contribution >= 0.6 is 11.8 Å². The number of pyridine rings is 1. The Balaban J connectivity index is 2.67. The zero-order chi connectivity index (χ0) is 7.68. The Morgan fingerprint density at radius 1 is 1.45 bits per heavy atom. The summed E-state index contributed by atoms with van der Waals surface area (Å²) >= 11 is 1.67. The molecule has 2 rings (SSSR count). The van der Waals surface area contributed by atoms with Gasteiger partial charge in [0.05, 0.1) is 6.33 Å². The molecule has 56 valence electrons. The number of rotatable bonds is 1. The van der Waals surface area contributed by atoms with Gasteiger partial charge < -0.3 is 4.98 Å². The van der Waals surface area contributed by atoms with Crippen LogP contribution in [0.2, 0.25) is 0 Å². The Morgan fingerprint density at radius 2 is 2.36 bits per heavy atom. The summed E-state index contributed by atoms with van der Waals surface area (Å²) in [7, 11) is 0. The van der Waals surface area contributed by atoms with Crippen LogP contribution in [0.1, 0.15) is 0 Å². The first-order chi connectivity index (χ1) is 5.40. The highest BCUT2D eigenvalue weighted by molar-refractivity contribution is 7.98. The second-order valence-corrected chi connectivity index (χ2v) is 3.03. The van der Waals surface area contributed by atoms with Crippen molar-refractivity contribution in [2.45, 2.75) is 4.90 Å². The van der Waals surface area contributed by atoms with Gasteiger partial charge in [0, 0.05) is 11.1 Å². The molecule has 0 bridgehead atoms. The third kappa shape index (κ3) is 1.09. The standard InChI is InChI=1S/C7H7N3S/c1-11-5-2-6-7(8-3-5)10-4-9-6/h2-4H,1H3,(H,8,9,10). The van der Waals surface area contributed by atoms with E-state index in [1.165, 1.54) is 0 Å². The highest BCUT2D eigenvalue weighted by Gasteiger charge is 1.96. The molecule has 2 heterocycles. The van der Waals surface area contributed by atoms with Gasteiger partial charge in [-0.2, -0.15) is 0 Å². The van der Waals surface area contributed by atoms with Crippen molar-refractivity contribution in [1.82, 2.24) is 15.0 Å².